The number of hydrogen-bond donors (Lipinski definition) is 1. The molecular formula is C13H9Cl3FN. The number of hydrogen-bond acceptors (Lipinski definition) is 1. The summed E-state index contributed by atoms with van der Waals surface area (Å²) in [6, 6.07) is 9.51. The van der Waals surface area contributed by atoms with E-state index in [1.54, 1.807) is 24.3 Å². The maximum absolute atomic E-state index is 13.1. The fourth-order valence-corrected chi connectivity index (χ4v) is 2.30. The maximum Gasteiger partial charge on any atom is 0.126 e. The fraction of sp³-hybridized carbons (Fsp3) is 0.0769. The Morgan fingerprint density at radius 3 is 2.28 bits per heavy atom. The Morgan fingerprint density at radius 2 is 1.67 bits per heavy atom. The highest BCUT2D eigenvalue weighted by Crippen LogP contribution is 2.26. The lowest BCUT2D eigenvalue weighted by Crippen LogP contribution is -2.01. The summed E-state index contributed by atoms with van der Waals surface area (Å²) in [5.74, 6) is -0.393. The van der Waals surface area contributed by atoms with Crippen LogP contribution in [0.1, 0.15) is 5.56 Å². The van der Waals surface area contributed by atoms with Crippen molar-refractivity contribution in [2.24, 2.45) is 0 Å². The summed E-state index contributed by atoms with van der Waals surface area (Å²) in [6.07, 6.45) is 0. The summed E-state index contributed by atoms with van der Waals surface area (Å²) in [5, 5.41) is 4.50. The highest BCUT2D eigenvalue weighted by molar-refractivity contribution is 6.36. The highest BCUT2D eigenvalue weighted by atomic mass is 35.5. The number of halogens is 4. The second-order valence-corrected chi connectivity index (χ2v) is 4.96. The van der Waals surface area contributed by atoms with Crippen molar-refractivity contribution in [2.45, 2.75) is 6.54 Å². The van der Waals surface area contributed by atoms with Gasteiger partial charge in [0, 0.05) is 32.9 Å². The molecule has 2 aromatic carbocycles. The van der Waals surface area contributed by atoms with Gasteiger partial charge in [0.25, 0.3) is 0 Å². The Morgan fingerprint density at radius 1 is 1.00 bits per heavy atom. The molecule has 0 aliphatic carbocycles. The zero-order valence-corrected chi connectivity index (χ0v) is 11.5. The van der Waals surface area contributed by atoms with E-state index in [0.29, 0.717) is 27.3 Å². The quantitative estimate of drug-likeness (QED) is 0.800. The van der Waals surface area contributed by atoms with Crippen molar-refractivity contribution >= 4 is 40.5 Å². The molecule has 0 heterocycles. The molecule has 0 fully saturated rings. The van der Waals surface area contributed by atoms with Crippen LogP contribution in [0.3, 0.4) is 0 Å². The summed E-state index contributed by atoms with van der Waals surface area (Å²) in [7, 11) is 0. The Labute approximate surface area is 119 Å². The van der Waals surface area contributed by atoms with E-state index in [9.17, 15) is 4.39 Å². The van der Waals surface area contributed by atoms with E-state index in [4.69, 9.17) is 34.8 Å². The molecule has 0 bridgehead atoms. The third kappa shape index (κ3) is 3.29. The molecular weight excluding hydrogens is 296 g/mol. The molecule has 0 spiro atoms. The van der Waals surface area contributed by atoms with Crippen molar-refractivity contribution in [2.75, 3.05) is 5.32 Å². The van der Waals surface area contributed by atoms with E-state index in [1.165, 1.54) is 12.1 Å². The number of benzene rings is 2. The van der Waals surface area contributed by atoms with Crippen LogP contribution in [-0.4, -0.2) is 0 Å². The monoisotopic (exact) mass is 303 g/mol. The van der Waals surface area contributed by atoms with Crippen LogP contribution < -0.4 is 5.32 Å². The van der Waals surface area contributed by atoms with Crippen molar-refractivity contribution in [3.63, 3.8) is 0 Å². The van der Waals surface area contributed by atoms with E-state index in [1.807, 2.05) is 0 Å². The van der Waals surface area contributed by atoms with Gasteiger partial charge in [-0.3, -0.25) is 0 Å². The van der Waals surface area contributed by atoms with Gasteiger partial charge in [-0.2, -0.15) is 0 Å². The Bertz CT molecular complexity index is 532. The summed E-state index contributed by atoms with van der Waals surface area (Å²) < 4.78 is 13.1. The van der Waals surface area contributed by atoms with Gasteiger partial charge in [0.05, 0.1) is 0 Å². The fourth-order valence-electron chi connectivity index (χ4n) is 1.55. The molecule has 1 N–H and O–H groups in total. The standard InChI is InChI=1S/C13H9Cl3FN/c14-8-4-9(17)6-10(5-8)18-7-11-12(15)2-1-3-13(11)16/h1-6,18H,7H2. The third-order valence-corrected chi connectivity index (χ3v) is 3.32. The van der Waals surface area contributed by atoms with Gasteiger partial charge in [0.15, 0.2) is 0 Å². The van der Waals surface area contributed by atoms with Crippen molar-refractivity contribution in [3.05, 3.63) is 62.8 Å². The van der Waals surface area contributed by atoms with Crippen molar-refractivity contribution < 1.29 is 4.39 Å². The Balaban J connectivity index is 2.16. The third-order valence-electron chi connectivity index (χ3n) is 2.39. The lowest BCUT2D eigenvalue weighted by atomic mass is 10.2. The normalized spacial score (nSPS) is 10.4. The molecule has 0 radical (unpaired) electrons. The van der Waals surface area contributed by atoms with Crippen LogP contribution in [-0.2, 0) is 6.54 Å². The molecule has 1 nitrogen and oxygen atoms in total. The number of rotatable bonds is 3. The molecule has 0 atom stereocenters. The predicted octanol–water partition coefficient (Wildman–Crippen LogP) is 5.40. The minimum absolute atomic E-state index is 0.336. The van der Waals surface area contributed by atoms with Gasteiger partial charge >= 0.3 is 0 Å². The van der Waals surface area contributed by atoms with E-state index >= 15 is 0 Å². The summed E-state index contributed by atoms with van der Waals surface area (Å²) in [6.45, 7) is 0.401. The second kappa shape index (κ2) is 5.79. The first kappa shape index (κ1) is 13.5. The van der Waals surface area contributed by atoms with Gasteiger partial charge in [0.2, 0.25) is 0 Å². The summed E-state index contributed by atoms with van der Waals surface area (Å²) in [4.78, 5) is 0. The SMILES string of the molecule is Fc1cc(Cl)cc(NCc2c(Cl)cccc2Cl)c1. The molecule has 0 saturated carbocycles. The molecule has 0 amide bonds. The van der Waals surface area contributed by atoms with E-state index in [0.717, 1.165) is 5.56 Å². The van der Waals surface area contributed by atoms with Gasteiger partial charge in [-0.25, -0.2) is 4.39 Å². The van der Waals surface area contributed by atoms with E-state index in [-0.39, 0.29) is 0 Å². The first-order chi connectivity index (χ1) is 8.56. The van der Waals surface area contributed by atoms with Gasteiger partial charge < -0.3 is 5.32 Å². The van der Waals surface area contributed by atoms with Gasteiger partial charge in [0.1, 0.15) is 5.82 Å². The average molecular weight is 305 g/mol. The maximum atomic E-state index is 13.1. The smallest absolute Gasteiger partial charge is 0.126 e. The molecule has 0 aliphatic rings. The van der Waals surface area contributed by atoms with Crippen LogP contribution in [0.25, 0.3) is 0 Å². The lowest BCUT2D eigenvalue weighted by molar-refractivity contribution is 0.628. The largest absolute Gasteiger partial charge is 0.381 e. The molecule has 0 aliphatic heterocycles. The molecule has 94 valence electrons. The number of anilines is 1. The number of nitrogens with one attached hydrogen (secondary N) is 1. The van der Waals surface area contributed by atoms with Crippen LogP contribution >= 0.6 is 34.8 Å². The first-order valence-corrected chi connectivity index (χ1v) is 6.32. The van der Waals surface area contributed by atoms with E-state index in [2.05, 4.69) is 5.32 Å². The van der Waals surface area contributed by atoms with Crippen LogP contribution in [0.4, 0.5) is 10.1 Å². The van der Waals surface area contributed by atoms with Crippen LogP contribution in [0.15, 0.2) is 36.4 Å². The van der Waals surface area contributed by atoms with Crippen LogP contribution in [0.5, 0.6) is 0 Å². The molecule has 0 aromatic heterocycles. The lowest BCUT2D eigenvalue weighted by Gasteiger charge is -2.10. The summed E-state index contributed by atoms with van der Waals surface area (Å²) in [5.41, 5.74) is 1.34. The molecule has 2 rings (SSSR count). The average Bonchev–Trinajstić information content (AvgIpc) is 2.27. The van der Waals surface area contributed by atoms with Crippen molar-refractivity contribution in [3.8, 4) is 0 Å². The minimum Gasteiger partial charge on any atom is -0.381 e. The molecule has 5 heteroatoms. The highest BCUT2D eigenvalue weighted by Gasteiger charge is 2.05. The molecule has 2 aromatic rings. The first-order valence-electron chi connectivity index (χ1n) is 5.19. The topological polar surface area (TPSA) is 12.0 Å². The molecule has 18 heavy (non-hydrogen) atoms. The van der Waals surface area contributed by atoms with E-state index < -0.39 is 5.82 Å². The van der Waals surface area contributed by atoms with Crippen LogP contribution in [0, 0.1) is 5.82 Å². The van der Waals surface area contributed by atoms with Gasteiger partial charge in [-0.15, -0.1) is 0 Å². The predicted molar refractivity (Wildman–Crippen MR) is 75.2 cm³/mol. The molecule has 0 unspecified atom stereocenters. The van der Waals surface area contributed by atoms with Crippen LogP contribution in [0.2, 0.25) is 15.1 Å². The summed E-state index contributed by atoms with van der Waals surface area (Å²) >= 11 is 17.8. The van der Waals surface area contributed by atoms with Crippen molar-refractivity contribution in [1.29, 1.82) is 0 Å². The minimum atomic E-state index is -0.393. The zero-order chi connectivity index (χ0) is 13.1. The molecule has 0 saturated heterocycles. The Hall–Kier alpha value is -0.960. The van der Waals surface area contributed by atoms with Crippen molar-refractivity contribution in [1.82, 2.24) is 0 Å². The zero-order valence-electron chi connectivity index (χ0n) is 9.18. The van der Waals surface area contributed by atoms with Gasteiger partial charge in [-0.05, 0) is 30.3 Å². The van der Waals surface area contributed by atoms with Gasteiger partial charge in [-0.1, -0.05) is 40.9 Å². The Kier molecular flexibility index (Phi) is 4.33. The second-order valence-electron chi connectivity index (χ2n) is 3.71.